The molecule has 3 aromatic rings. The van der Waals surface area contributed by atoms with E-state index in [9.17, 15) is 9.90 Å². The molecule has 0 saturated carbocycles. The van der Waals surface area contributed by atoms with Crippen molar-refractivity contribution in [1.82, 2.24) is 14.5 Å². The largest absolute Gasteiger partial charge is 0.480 e. The average molecular weight is 401 g/mol. The number of nitrogens with zero attached hydrogens (tertiary/aromatic N) is 4. The van der Waals surface area contributed by atoms with Crippen molar-refractivity contribution in [3.05, 3.63) is 47.0 Å². The van der Waals surface area contributed by atoms with E-state index < -0.39 is 12.0 Å². The maximum absolute atomic E-state index is 11.7. The number of rotatable bonds is 3. The minimum atomic E-state index is -0.934. The third kappa shape index (κ3) is 2.89. The van der Waals surface area contributed by atoms with Crippen molar-refractivity contribution in [1.29, 1.82) is 0 Å². The van der Waals surface area contributed by atoms with Crippen molar-refractivity contribution < 1.29 is 9.90 Å². The number of hydrogen-bond donors (Lipinski definition) is 1. The number of hydrogen-bond acceptors (Lipinski definition) is 4. The van der Waals surface area contributed by atoms with Gasteiger partial charge in [0.15, 0.2) is 0 Å². The monoisotopic (exact) mass is 400 g/mol. The van der Waals surface area contributed by atoms with Crippen molar-refractivity contribution in [2.24, 2.45) is 0 Å². The molecule has 0 aliphatic carbocycles. The van der Waals surface area contributed by atoms with Gasteiger partial charge in [-0.3, -0.25) is 0 Å². The Bertz CT molecular complexity index is 1080. The van der Waals surface area contributed by atoms with Crippen LogP contribution in [0.2, 0.25) is 10.0 Å². The molecular weight excluding hydrogens is 387 g/mol. The molecule has 8 heteroatoms. The van der Waals surface area contributed by atoms with Crippen LogP contribution in [0, 0.1) is 12.3 Å². The van der Waals surface area contributed by atoms with Crippen LogP contribution in [-0.4, -0.2) is 37.7 Å². The molecule has 2 aromatic heterocycles. The van der Waals surface area contributed by atoms with E-state index in [1.165, 1.54) is 0 Å². The zero-order valence-electron chi connectivity index (χ0n) is 14.0. The Hall–Kier alpha value is -2.75. The molecule has 27 heavy (non-hydrogen) atoms. The van der Waals surface area contributed by atoms with Crippen LogP contribution in [-0.2, 0) is 4.79 Å². The highest BCUT2D eigenvalue weighted by molar-refractivity contribution is 6.45. The fourth-order valence-electron chi connectivity index (χ4n) is 3.49. The van der Waals surface area contributed by atoms with E-state index in [4.69, 9.17) is 29.6 Å². The number of imidazole rings is 1. The lowest BCUT2D eigenvalue weighted by atomic mass is 10.1. The van der Waals surface area contributed by atoms with Gasteiger partial charge in [-0.05, 0) is 25.0 Å². The van der Waals surface area contributed by atoms with Gasteiger partial charge >= 0.3 is 5.97 Å². The molecule has 0 unspecified atom stereocenters. The smallest absolute Gasteiger partial charge is 0.326 e. The number of carboxylic acids is 1. The Balaban J connectivity index is 2.00. The van der Waals surface area contributed by atoms with Gasteiger partial charge in [-0.25, -0.2) is 14.8 Å². The van der Waals surface area contributed by atoms with Crippen LogP contribution in [0.15, 0.2) is 36.9 Å². The Morgan fingerprint density at radius 3 is 2.81 bits per heavy atom. The summed E-state index contributed by atoms with van der Waals surface area (Å²) in [6, 6.07) is 4.23. The highest BCUT2D eigenvalue weighted by atomic mass is 35.5. The van der Waals surface area contributed by atoms with E-state index in [2.05, 4.69) is 15.9 Å². The van der Waals surface area contributed by atoms with Crippen LogP contribution in [0.3, 0.4) is 0 Å². The summed E-state index contributed by atoms with van der Waals surface area (Å²) < 4.78 is 1.81. The fourth-order valence-corrected chi connectivity index (χ4v) is 3.85. The Morgan fingerprint density at radius 2 is 2.15 bits per heavy atom. The van der Waals surface area contributed by atoms with Gasteiger partial charge in [0.2, 0.25) is 0 Å². The second kappa shape index (κ2) is 6.76. The van der Waals surface area contributed by atoms with Crippen LogP contribution in [0.5, 0.6) is 0 Å². The number of carboxylic acid groups (broad SMARTS) is 1. The maximum Gasteiger partial charge on any atom is 0.326 e. The zero-order valence-corrected chi connectivity index (χ0v) is 15.5. The lowest BCUT2D eigenvalue weighted by Crippen LogP contribution is -2.41. The first-order chi connectivity index (χ1) is 13.0. The van der Waals surface area contributed by atoms with Crippen molar-refractivity contribution in [3.63, 3.8) is 0 Å². The average Bonchev–Trinajstić information content (AvgIpc) is 3.33. The molecule has 6 nitrogen and oxygen atoms in total. The van der Waals surface area contributed by atoms with Crippen LogP contribution >= 0.6 is 23.2 Å². The lowest BCUT2D eigenvalue weighted by Gasteiger charge is -2.27. The van der Waals surface area contributed by atoms with Crippen molar-refractivity contribution >= 4 is 45.9 Å². The Kier molecular flexibility index (Phi) is 4.42. The molecule has 1 aliphatic heterocycles. The van der Waals surface area contributed by atoms with Gasteiger partial charge in [-0.15, -0.1) is 6.42 Å². The van der Waals surface area contributed by atoms with Crippen molar-refractivity contribution in [2.45, 2.75) is 24.9 Å². The lowest BCUT2D eigenvalue weighted by molar-refractivity contribution is -0.138. The minimum Gasteiger partial charge on any atom is -0.480 e. The maximum atomic E-state index is 11.7. The predicted octanol–water partition coefficient (Wildman–Crippen LogP) is 3.78. The second-order valence-corrected chi connectivity index (χ2v) is 7.03. The first kappa shape index (κ1) is 17.7. The molecule has 3 heterocycles. The number of fused-ring (bicyclic) bond motifs is 1. The number of terminal acetylenes is 1. The number of halogens is 2. The fraction of sp³-hybridized carbons (Fsp3) is 0.211. The van der Waals surface area contributed by atoms with E-state index in [0.717, 1.165) is 11.1 Å². The first-order valence-corrected chi connectivity index (χ1v) is 9.01. The molecule has 0 spiro atoms. The summed E-state index contributed by atoms with van der Waals surface area (Å²) in [6.07, 6.45) is 11.8. The molecule has 1 aliphatic rings. The molecule has 1 N–H and O–H groups in total. The second-order valence-electron chi connectivity index (χ2n) is 6.25. The van der Waals surface area contributed by atoms with Gasteiger partial charge in [0, 0.05) is 23.8 Å². The third-order valence-electron chi connectivity index (χ3n) is 4.75. The quantitative estimate of drug-likeness (QED) is 0.677. The number of anilines is 1. The highest BCUT2D eigenvalue weighted by Gasteiger charge is 2.38. The standard InChI is InChI=1S/C19H14Cl2N4O2/c1-2-11-3-6-14(19(26)27)25(11)16-9-15(24-8-7-22-10-24)12-4-5-13(20)17(21)18(12)23-16/h1,4-5,7-11,14H,3,6H2,(H,26,27)/t11-,14-/m0/s1. The summed E-state index contributed by atoms with van der Waals surface area (Å²) in [5, 5.41) is 11.1. The molecule has 1 aromatic carbocycles. The normalized spacial score (nSPS) is 19.4. The summed E-state index contributed by atoms with van der Waals surface area (Å²) >= 11 is 12.6. The summed E-state index contributed by atoms with van der Waals surface area (Å²) in [6.45, 7) is 0. The molecule has 1 saturated heterocycles. The van der Waals surface area contributed by atoms with Gasteiger partial charge in [0.05, 0.1) is 33.6 Å². The number of carbonyl (C=O) groups is 1. The van der Waals surface area contributed by atoms with Gasteiger partial charge in [-0.2, -0.15) is 0 Å². The van der Waals surface area contributed by atoms with E-state index in [0.29, 0.717) is 34.2 Å². The van der Waals surface area contributed by atoms with Gasteiger partial charge < -0.3 is 14.6 Å². The highest BCUT2D eigenvalue weighted by Crippen LogP contribution is 2.37. The summed E-state index contributed by atoms with van der Waals surface area (Å²) in [5.41, 5.74) is 1.25. The number of benzene rings is 1. The summed E-state index contributed by atoms with van der Waals surface area (Å²) in [7, 11) is 0. The van der Waals surface area contributed by atoms with Gasteiger partial charge in [0.25, 0.3) is 0 Å². The SMILES string of the molecule is C#C[C@H]1CC[C@@H](C(=O)O)N1c1cc(-n2ccnc2)c2ccc(Cl)c(Cl)c2n1. The van der Waals surface area contributed by atoms with E-state index in [-0.39, 0.29) is 6.04 Å². The molecular formula is C19H14Cl2N4O2. The molecule has 136 valence electrons. The van der Waals surface area contributed by atoms with E-state index >= 15 is 0 Å². The third-order valence-corrected chi connectivity index (χ3v) is 5.54. The molecule has 4 rings (SSSR count). The number of aromatic nitrogens is 3. The van der Waals surface area contributed by atoms with E-state index in [1.807, 2.05) is 10.6 Å². The van der Waals surface area contributed by atoms with Gasteiger partial charge in [0.1, 0.15) is 11.9 Å². The van der Waals surface area contributed by atoms with Crippen LogP contribution < -0.4 is 4.90 Å². The first-order valence-electron chi connectivity index (χ1n) is 8.25. The van der Waals surface area contributed by atoms with Crippen molar-refractivity contribution in [2.75, 3.05) is 4.90 Å². The summed E-state index contributed by atoms with van der Waals surface area (Å²) in [5.74, 6) is 2.18. The predicted molar refractivity (Wildman–Crippen MR) is 105 cm³/mol. The molecule has 2 atom stereocenters. The summed E-state index contributed by atoms with van der Waals surface area (Å²) in [4.78, 5) is 22.1. The van der Waals surface area contributed by atoms with Crippen LogP contribution in [0.4, 0.5) is 5.82 Å². The van der Waals surface area contributed by atoms with Gasteiger partial charge in [-0.1, -0.05) is 29.1 Å². The number of pyridine rings is 1. The number of aliphatic carboxylic acids is 1. The Morgan fingerprint density at radius 1 is 1.33 bits per heavy atom. The van der Waals surface area contributed by atoms with Crippen LogP contribution in [0.1, 0.15) is 12.8 Å². The minimum absolute atomic E-state index is 0.306. The molecule has 0 bridgehead atoms. The molecule has 1 fully saturated rings. The van der Waals surface area contributed by atoms with Crippen LogP contribution in [0.25, 0.3) is 16.6 Å². The van der Waals surface area contributed by atoms with E-state index in [1.54, 1.807) is 35.8 Å². The topological polar surface area (TPSA) is 71.2 Å². The van der Waals surface area contributed by atoms with Crippen molar-refractivity contribution in [3.8, 4) is 18.0 Å². The molecule has 0 radical (unpaired) electrons. The Labute approximate surface area is 165 Å². The zero-order chi connectivity index (χ0) is 19.1. The molecule has 0 amide bonds.